The monoisotopic (exact) mass is 381 g/mol. The van der Waals surface area contributed by atoms with Gasteiger partial charge in [0.15, 0.2) is 0 Å². The van der Waals surface area contributed by atoms with Crippen LogP contribution in [-0.2, 0) is 14.8 Å². The van der Waals surface area contributed by atoms with Crippen LogP contribution in [-0.4, -0.2) is 44.3 Å². The first-order valence-corrected chi connectivity index (χ1v) is 10.4. The van der Waals surface area contributed by atoms with Crippen LogP contribution in [0, 0.1) is 5.92 Å². The highest BCUT2D eigenvalue weighted by Crippen LogP contribution is 2.23. The van der Waals surface area contributed by atoms with Gasteiger partial charge >= 0.3 is 0 Å². The summed E-state index contributed by atoms with van der Waals surface area (Å²) in [5.74, 6) is -0.269. The highest BCUT2D eigenvalue weighted by Gasteiger charge is 2.25. The normalized spacial score (nSPS) is 18.1. The summed E-state index contributed by atoms with van der Waals surface area (Å²) in [6.07, 6.45) is 2.82. The molecule has 0 bridgehead atoms. The zero-order valence-electron chi connectivity index (χ0n) is 15.3. The van der Waals surface area contributed by atoms with E-state index in [4.69, 9.17) is 5.73 Å². The summed E-state index contributed by atoms with van der Waals surface area (Å²) in [6, 6.07) is 5.88. The van der Waals surface area contributed by atoms with Crippen molar-refractivity contribution >= 4 is 21.8 Å². The Balaban J connectivity index is 2.12. The van der Waals surface area contributed by atoms with E-state index in [1.54, 1.807) is 30.9 Å². The van der Waals surface area contributed by atoms with E-state index >= 15 is 0 Å². The summed E-state index contributed by atoms with van der Waals surface area (Å²) < 4.78 is 27.1. The van der Waals surface area contributed by atoms with Crippen molar-refractivity contribution in [3.8, 4) is 0 Å². The van der Waals surface area contributed by atoms with Crippen LogP contribution >= 0.6 is 0 Å². The minimum Gasteiger partial charge on any atom is -0.370 e. The van der Waals surface area contributed by atoms with Crippen molar-refractivity contribution in [2.75, 3.05) is 13.1 Å². The Labute approximate surface area is 155 Å². The Morgan fingerprint density at radius 3 is 2.73 bits per heavy atom. The maximum Gasteiger partial charge on any atom is 0.253 e. The molecule has 1 fully saturated rings. The third-order valence-corrected chi connectivity index (χ3v) is 6.04. The Hall–Kier alpha value is -1.93. The highest BCUT2D eigenvalue weighted by molar-refractivity contribution is 7.89. The van der Waals surface area contributed by atoms with Crippen LogP contribution in [0.15, 0.2) is 29.2 Å². The summed E-state index contributed by atoms with van der Waals surface area (Å²) in [6.45, 7) is 4.68. The van der Waals surface area contributed by atoms with Crippen molar-refractivity contribution in [3.05, 3.63) is 29.8 Å². The molecule has 0 radical (unpaired) electrons. The zero-order valence-corrected chi connectivity index (χ0v) is 16.1. The topological polar surface area (TPSA) is 110 Å². The molecule has 0 saturated carbocycles. The maximum atomic E-state index is 12.8. The minimum atomic E-state index is -3.65. The number of hydrogen-bond acceptors (Lipinski definition) is 4. The lowest BCUT2D eigenvalue weighted by molar-refractivity contribution is -0.118. The molecule has 0 aromatic heterocycles. The lowest BCUT2D eigenvalue weighted by Gasteiger charge is -2.32. The summed E-state index contributed by atoms with van der Waals surface area (Å²) >= 11 is 0. The van der Waals surface area contributed by atoms with Gasteiger partial charge < -0.3 is 10.6 Å². The zero-order chi connectivity index (χ0) is 19.3. The van der Waals surface area contributed by atoms with Crippen molar-refractivity contribution in [2.24, 2.45) is 11.7 Å². The molecule has 1 aliphatic heterocycles. The summed E-state index contributed by atoms with van der Waals surface area (Å²) in [5, 5.41) is 0. The Kier molecular flexibility index (Phi) is 6.77. The van der Waals surface area contributed by atoms with Gasteiger partial charge in [-0.25, -0.2) is 13.1 Å². The smallest absolute Gasteiger partial charge is 0.253 e. The van der Waals surface area contributed by atoms with Gasteiger partial charge in [-0.15, -0.1) is 0 Å². The number of primary amides is 1. The molecule has 1 unspecified atom stereocenters. The standard InChI is InChI=1S/C18H27N3O4S/c1-13(2)20-26(24,25)16-7-3-6-15(11-16)18(23)21-10-4-5-14(12-21)8-9-17(19)22/h3,6-7,11,13-14,20H,4-5,8-10,12H2,1-2H3,(H2,19,22). The molecule has 1 aromatic carbocycles. The molecular formula is C18H27N3O4S. The van der Waals surface area contributed by atoms with E-state index < -0.39 is 10.0 Å². The number of hydrogen-bond donors (Lipinski definition) is 2. The quantitative estimate of drug-likeness (QED) is 0.745. The highest BCUT2D eigenvalue weighted by atomic mass is 32.2. The van der Waals surface area contributed by atoms with Crippen LogP contribution in [0.2, 0.25) is 0 Å². The average Bonchev–Trinajstić information content (AvgIpc) is 2.58. The summed E-state index contributed by atoms with van der Waals surface area (Å²) in [5.41, 5.74) is 5.56. The van der Waals surface area contributed by atoms with Crippen LogP contribution in [0.4, 0.5) is 0 Å². The van der Waals surface area contributed by atoms with Crippen molar-refractivity contribution in [1.29, 1.82) is 0 Å². The molecular weight excluding hydrogens is 354 g/mol. The molecule has 1 heterocycles. The number of likely N-dealkylation sites (tertiary alicyclic amines) is 1. The van der Waals surface area contributed by atoms with E-state index in [1.165, 1.54) is 12.1 Å². The summed E-state index contributed by atoms with van der Waals surface area (Å²) in [4.78, 5) is 25.6. The van der Waals surface area contributed by atoms with Gasteiger partial charge in [0.2, 0.25) is 15.9 Å². The molecule has 26 heavy (non-hydrogen) atoms. The molecule has 8 heteroatoms. The molecule has 1 aromatic rings. The minimum absolute atomic E-state index is 0.0827. The number of sulfonamides is 1. The van der Waals surface area contributed by atoms with Gasteiger partial charge in [0.1, 0.15) is 0 Å². The fourth-order valence-corrected chi connectivity index (χ4v) is 4.49. The first-order valence-electron chi connectivity index (χ1n) is 8.89. The second-order valence-corrected chi connectivity index (χ2v) is 8.78. The van der Waals surface area contributed by atoms with Crippen LogP contribution in [0.5, 0.6) is 0 Å². The van der Waals surface area contributed by atoms with Gasteiger partial charge in [-0.05, 0) is 57.2 Å². The molecule has 2 rings (SSSR count). The van der Waals surface area contributed by atoms with Crippen molar-refractivity contribution < 1.29 is 18.0 Å². The van der Waals surface area contributed by atoms with Crippen molar-refractivity contribution in [1.82, 2.24) is 9.62 Å². The molecule has 0 aliphatic carbocycles. The molecule has 1 atom stereocenters. The lowest BCUT2D eigenvalue weighted by Crippen LogP contribution is -2.40. The number of carbonyl (C=O) groups excluding carboxylic acids is 2. The van der Waals surface area contributed by atoms with E-state index in [1.807, 2.05) is 0 Å². The molecule has 0 spiro atoms. The Bertz CT molecular complexity index is 761. The molecule has 1 aliphatic rings. The number of nitrogens with two attached hydrogens (primary N) is 1. The second kappa shape index (κ2) is 8.64. The number of nitrogens with one attached hydrogen (secondary N) is 1. The second-order valence-electron chi connectivity index (χ2n) is 7.07. The van der Waals surface area contributed by atoms with Gasteiger partial charge in [0.05, 0.1) is 4.90 Å². The van der Waals surface area contributed by atoms with E-state index in [2.05, 4.69) is 4.72 Å². The van der Waals surface area contributed by atoms with Crippen LogP contribution in [0.25, 0.3) is 0 Å². The third kappa shape index (κ3) is 5.54. The molecule has 2 amide bonds. The van der Waals surface area contributed by atoms with Crippen LogP contribution < -0.4 is 10.5 Å². The average molecular weight is 381 g/mol. The number of amides is 2. The van der Waals surface area contributed by atoms with Gasteiger partial charge in [-0.2, -0.15) is 0 Å². The molecule has 7 nitrogen and oxygen atoms in total. The number of carbonyl (C=O) groups is 2. The van der Waals surface area contributed by atoms with Gasteiger partial charge in [0.25, 0.3) is 5.91 Å². The first-order chi connectivity index (χ1) is 12.2. The lowest BCUT2D eigenvalue weighted by atomic mass is 9.93. The summed E-state index contributed by atoms with van der Waals surface area (Å²) in [7, 11) is -3.65. The van der Waals surface area contributed by atoms with E-state index in [0.29, 0.717) is 31.5 Å². The maximum absolute atomic E-state index is 12.8. The number of rotatable bonds is 7. The number of nitrogens with zero attached hydrogens (tertiary/aromatic N) is 1. The van der Waals surface area contributed by atoms with E-state index in [9.17, 15) is 18.0 Å². The molecule has 3 N–H and O–H groups in total. The third-order valence-electron chi connectivity index (χ3n) is 4.39. The van der Waals surface area contributed by atoms with Crippen LogP contribution in [0.1, 0.15) is 49.9 Å². The Morgan fingerprint density at radius 1 is 1.35 bits per heavy atom. The SMILES string of the molecule is CC(C)NS(=O)(=O)c1cccc(C(=O)N2CCCC(CCC(N)=O)C2)c1. The molecule has 1 saturated heterocycles. The van der Waals surface area contributed by atoms with Crippen molar-refractivity contribution in [2.45, 2.75) is 50.5 Å². The fourth-order valence-electron chi connectivity index (χ4n) is 3.19. The van der Waals surface area contributed by atoms with Gasteiger partial charge in [-0.3, -0.25) is 9.59 Å². The Morgan fingerprint density at radius 2 is 2.08 bits per heavy atom. The van der Waals surface area contributed by atoms with Gasteiger partial charge in [0, 0.05) is 31.1 Å². The molecule has 144 valence electrons. The number of piperidine rings is 1. The van der Waals surface area contributed by atoms with E-state index in [-0.39, 0.29) is 28.7 Å². The fraction of sp³-hybridized carbons (Fsp3) is 0.556. The predicted molar refractivity (Wildman–Crippen MR) is 99.0 cm³/mol. The van der Waals surface area contributed by atoms with E-state index in [0.717, 1.165) is 12.8 Å². The number of benzene rings is 1. The van der Waals surface area contributed by atoms with Gasteiger partial charge in [-0.1, -0.05) is 6.07 Å². The van der Waals surface area contributed by atoms with Crippen molar-refractivity contribution in [3.63, 3.8) is 0 Å². The van der Waals surface area contributed by atoms with Crippen LogP contribution in [0.3, 0.4) is 0 Å². The largest absolute Gasteiger partial charge is 0.370 e. The predicted octanol–water partition coefficient (Wildman–Crippen LogP) is 1.49. The first kappa shape index (κ1) is 20.4.